The molecule has 0 aliphatic heterocycles. The first kappa shape index (κ1) is 12.6. The monoisotopic (exact) mass is 270 g/mol. The van der Waals surface area contributed by atoms with Crippen molar-refractivity contribution in [3.63, 3.8) is 0 Å². The van der Waals surface area contributed by atoms with Crippen LogP contribution in [0.2, 0.25) is 0 Å². The maximum Gasteiger partial charge on any atom is 0.111 e. The van der Waals surface area contributed by atoms with Gasteiger partial charge in [0.2, 0.25) is 0 Å². The summed E-state index contributed by atoms with van der Waals surface area (Å²) in [4.78, 5) is 4.56. The minimum absolute atomic E-state index is 0.554. The standard InChI is InChI=1S/C12H15ClN2OS/c1-17(16)9-8-15-11-5-3-2-4-10(11)14-12(15)6-7-13/h2-5H,6-9H2,1H3. The highest BCUT2D eigenvalue weighted by atomic mass is 35.5. The molecule has 1 unspecified atom stereocenters. The van der Waals surface area contributed by atoms with Crippen molar-refractivity contribution >= 4 is 33.4 Å². The Balaban J connectivity index is 2.40. The molecule has 5 heteroatoms. The summed E-state index contributed by atoms with van der Waals surface area (Å²) in [6, 6.07) is 8.00. The molecule has 92 valence electrons. The van der Waals surface area contributed by atoms with E-state index in [1.54, 1.807) is 6.26 Å². The number of fused-ring (bicyclic) bond motifs is 1. The van der Waals surface area contributed by atoms with Crippen LogP contribution in [0, 0.1) is 0 Å². The van der Waals surface area contributed by atoms with Crippen molar-refractivity contribution in [2.24, 2.45) is 0 Å². The molecule has 1 aromatic carbocycles. The molecule has 0 amide bonds. The molecule has 1 heterocycles. The van der Waals surface area contributed by atoms with Crippen LogP contribution in [-0.4, -0.2) is 31.6 Å². The van der Waals surface area contributed by atoms with E-state index in [0.717, 1.165) is 29.8 Å². The van der Waals surface area contributed by atoms with Gasteiger partial charge in [0.15, 0.2) is 0 Å². The van der Waals surface area contributed by atoms with Gasteiger partial charge < -0.3 is 4.57 Å². The first-order valence-electron chi connectivity index (χ1n) is 5.52. The molecule has 1 atom stereocenters. The largest absolute Gasteiger partial charge is 0.327 e. The topological polar surface area (TPSA) is 34.9 Å². The summed E-state index contributed by atoms with van der Waals surface area (Å²) in [5.74, 6) is 2.18. The molecule has 0 aliphatic rings. The van der Waals surface area contributed by atoms with Crippen molar-refractivity contribution in [1.82, 2.24) is 9.55 Å². The van der Waals surface area contributed by atoms with Gasteiger partial charge in [-0.1, -0.05) is 12.1 Å². The van der Waals surface area contributed by atoms with Crippen molar-refractivity contribution < 1.29 is 4.21 Å². The summed E-state index contributed by atoms with van der Waals surface area (Å²) in [5.41, 5.74) is 2.08. The maximum atomic E-state index is 11.2. The van der Waals surface area contributed by atoms with E-state index in [1.165, 1.54) is 0 Å². The lowest BCUT2D eigenvalue weighted by Crippen LogP contribution is -2.10. The number of aromatic nitrogens is 2. The smallest absolute Gasteiger partial charge is 0.111 e. The lowest BCUT2D eigenvalue weighted by molar-refractivity contribution is 0.674. The van der Waals surface area contributed by atoms with Gasteiger partial charge in [0, 0.05) is 41.7 Å². The molecule has 0 saturated carbocycles. The van der Waals surface area contributed by atoms with E-state index in [4.69, 9.17) is 11.6 Å². The summed E-state index contributed by atoms with van der Waals surface area (Å²) in [7, 11) is -0.787. The van der Waals surface area contributed by atoms with Crippen LogP contribution >= 0.6 is 11.6 Å². The molecule has 0 bridgehead atoms. The average Bonchev–Trinajstić information content (AvgIpc) is 2.64. The summed E-state index contributed by atoms with van der Waals surface area (Å²) in [6.45, 7) is 0.732. The Hall–Kier alpha value is -0.870. The van der Waals surface area contributed by atoms with Gasteiger partial charge in [0.05, 0.1) is 11.0 Å². The predicted molar refractivity (Wildman–Crippen MR) is 73.1 cm³/mol. The minimum atomic E-state index is -0.787. The normalized spacial score (nSPS) is 13.1. The molecular formula is C12H15ClN2OS. The molecule has 17 heavy (non-hydrogen) atoms. The van der Waals surface area contributed by atoms with Crippen LogP contribution in [0.25, 0.3) is 11.0 Å². The third kappa shape index (κ3) is 2.87. The van der Waals surface area contributed by atoms with Crippen LogP contribution < -0.4 is 0 Å². The zero-order valence-corrected chi connectivity index (χ0v) is 11.3. The molecule has 0 radical (unpaired) electrons. The van der Waals surface area contributed by atoms with Gasteiger partial charge in [-0.25, -0.2) is 4.98 Å². The second kappa shape index (κ2) is 5.65. The van der Waals surface area contributed by atoms with E-state index in [1.807, 2.05) is 24.3 Å². The average molecular weight is 271 g/mol. The van der Waals surface area contributed by atoms with Crippen LogP contribution in [0.15, 0.2) is 24.3 Å². The molecule has 3 nitrogen and oxygen atoms in total. The Bertz CT molecular complexity index is 538. The lowest BCUT2D eigenvalue weighted by Gasteiger charge is -2.06. The van der Waals surface area contributed by atoms with Crippen molar-refractivity contribution in [1.29, 1.82) is 0 Å². The molecule has 0 spiro atoms. The third-order valence-corrected chi connectivity index (χ3v) is 3.60. The number of nitrogens with zero attached hydrogens (tertiary/aromatic N) is 2. The predicted octanol–water partition coefficient (Wildman–Crippen LogP) is 2.20. The van der Waals surface area contributed by atoms with Gasteiger partial charge in [-0.15, -0.1) is 11.6 Å². The summed E-state index contributed by atoms with van der Waals surface area (Å²) >= 11 is 5.78. The van der Waals surface area contributed by atoms with Crippen molar-refractivity contribution in [3.8, 4) is 0 Å². The number of halogens is 1. The van der Waals surface area contributed by atoms with Crippen molar-refractivity contribution in [3.05, 3.63) is 30.1 Å². The van der Waals surface area contributed by atoms with Gasteiger partial charge in [-0.3, -0.25) is 4.21 Å². The number of rotatable bonds is 5. The van der Waals surface area contributed by atoms with E-state index in [-0.39, 0.29) is 0 Å². The Morgan fingerprint density at radius 1 is 1.41 bits per heavy atom. The third-order valence-electron chi connectivity index (χ3n) is 2.65. The number of hydrogen-bond acceptors (Lipinski definition) is 2. The summed E-state index contributed by atoms with van der Waals surface area (Å²) in [5, 5.41) is 0. The molecule has 0 aliphatic carbocycles. The van der Waals surface area contributed by atoms with E-state index in [0.29, 0.717) is 11.6 Å². The fourth-order valence-corrected chi connectivity index (χ4v) is 2.48. The zero-order chi connectivity index (χ0) is 12.3. The zero-order valence-electron chi connectivity index (χ0n) is 9.73. The maximum absolute atomic E-state index is 11.2. The molecule has 1 aromatic heterocycles. The minimum Gasteiger partial charge on any atom is -0.327 e. The number of aryl methyl sites for hydroxylation is 2. The van der Waals surface area contributed by atoms with Gasteiger partial charge in [0.1, 0.15) is 5.82 Å². The second-order valence-electron chi connectivity index (χ2n) is 3.88. The van der Waals surface area contributed by atoms with Crippen LogP contribution in [0.1, 0.15) is 5.82 Å². The molecule has 2 aromatic rings. The summed E-state index contributed by atoms with van der Waals surface area (Å²) in [6.07, 6.45) is 2.47. The van der Waals surface area contributed by atoms with Gasteiger partial charge in [0.25, 0.3) is 0 Å². The molecule has 0 N–H and O–H groups in total. The number of benzene rings is 1. The highest BCUT2D eigenvalue weighted by Gasteiger charge is 2.09. The Morgan fingerprint density at radius 2 is 2.18 bits per heavy atom. The first-order valence-corrected chi connectivity index (χ1v) is 7.78. The fraction of sp³-hybridized carbons (Fsp3) is 0.417. The number of alkyl halides is 1. The lowest BCUT2D eigenvalue weighted by atomic mass is 10.3. The van der Waals surface area contributed by atoms with Crippen molar-refractivity contribution in [2.75, 3.05) is 17.9 Å². The van der Waals surface area contributed by atoms with Gasteiger partial charge >= 0.3 is 0 Å². The van der Waals surface area contributed by atoms with Crippen LogP contribution in [-0.2, 0) is 23.8 Å². The van der Waals surface area contributed by atoms with Crippen LogP contribution in [0.4, 0.5) is 0 Å². The number of hydrogen-bond donors (Lipinski definition) is 0. The van der Waals surface area contributed by atoms with E-state index in [9.17, 15) is 4.21 Å². The molecular weight excluding hydrogens is 256 g/mol. The molecule has 0 saturated heterocycles. The Labute approximate surface area is 108 Å². The van der Waals surface area contributed by atoms with Crippen LogP contribution in [0.3, 0.4) is 0 Å². The highest BCUT2D eigenvalue weighted by Crippen LogP contribution is 2.16. The molecule has 2 rings (SSSR count). The van der Waals surface area contributed by atoms with E-state index in [2.05, 4.69) is 9.55 Å². The SMILES string of the molecule is CS(=O)CCn1c(CCCl)nc2ccccc21. The van der Waals surface area contributed by atoms with Crippen LogP contribution in [0.5, 0.6) is 0 Å². The Morgan fingerprint density at radius 3 is 2.88 bits per heavy atom. The fourth-order valence-electron chi connectivity index (χ4n) is 1.87. The first-order chi connectivity index (χ1) is 8.22. The van der Waals surface area contributed by atoms with Gasteiger partial charge in [-0.05, 0) is 12.1 Å². The van der Waals surface area contributed by atoms with Crippen molar-refractivity contribution in [2.45, 2.75) is 13.0 Å². The summed E-state index contributed by atoms with van der Waals surface area (Å²) < 4.78 is 13.3. The Kier molecular flexibility index (Phi) is 4.18. The van der Waals surface area contributed by atoms with E-state index >= 15 is 0 Å². The quantitative estimate of drug-likeness (QED) is 0.781. The number of imidazole rings is 1. The second-order valence-corrected chi connectivity index (χ2v) is 5.82. The van der Waals surface area contributed by atoms with E-state index < -0.39 is 10.8 Å². The van der Waals surface area contributed by atoms with Gasteiger partial charge in [-0.2, -0.15) is 0 Å². The highest BCUT2D eigenvalue weighted by molar-refractivity contribution is 7.84. The molecule has 0 fully saturated rings. The number of para-hydroxylation sites is 2.